The number of nitrogens with zero attached hydrogens (tertiary/aromatic N) is 3. The van der Waals surface area contributed by atoms with Gasteiger partial charge in [0, 0.05) is 51.4 Å². The van der Waals surface area contributed by atoms with Gasteiger partial charge in [0.1, 0.15) is 6.04 Å². The van der Waals surface area contributed by atoms with E-state index in [1.165, 1.54) is 0 Å². The maximum atomic E-state index is 12.8. The van der Waals surface area contributed by atoms with Gasteiger partial charge in [-0.25, -0.2) is 0 Å². The summed E-state index contributed by atoms with van der Waals surface area (Å²) < 4.78 is 0. The number of amides is 3. The molecule has 146 valence electrons. The lowest BCUT2D eigenvalue weighted by atomic mass is 10.1. The maximum absolute atomic E-state index is 12.8. The number of hydrogen-bond acceptors (Lipinski definition) is 4. The normalized spacial score (nSPS) is 20.4. The van der Waals surface area contributed by atoms with Crippen LogP contribution in [-0.2, 0) is 14.4 Å². The molecule has 1 N–H and O–H groups in total. The molecule has 27 heavy (non-hydrogen) atoms. The zero-order valence-corrected chi connectivity index (χ0v) is 15.9. The molecule has 7 heteroatoms. The predicted molar refractivity (Wildman–Crippen MR) is 103 cm³/mol. The first-order valence-electron chi connectivity index (χ1n) is 9.75. The van der Waals surface area contributed by atoms with Gasteiger partial charge < -0.3 is 20.0 Å². The van der Waals surface area contributed by atoms with Crippen molar-refractivity contribution in [2.24, 2.45) is 0 Å². The average molecular weight is 372 g/mol. The predicted octanol–water partition coefficient (Wildman–Crippen LogP) is 0.852. The fourth-order valence-electron chi connectivity index (χ4n) is 3.72. The van der Waals surface area contributed by atoms with Crippen LogP contribution in [0.15, 0.2) is 30.3 Å². The van der Waals surface area contributed by atoms with Gasteiger partial charge in [0.05, 0.1) is 6.42 Å². The summed E-state index contributed by atoms with van der Waals surface area (Å²) in [6, 6.07) is 9.47. The van der Waals surface area contributed by atoms with Crippen molar-refractivity contribution in [2.75, 3.05) is 44.2 Å². The molecule has 2 heterocycles. The van der Waals surface area contributed by atoms with Crippen molar-refractivity contribution in [1.29, 1.82) is 0 Å². The van der Waals surface area contributed by atoms with Gasteiger partial charge >= 0.3 is 0 Å². The summed E-state index contributed by atoms with van der Waals surface area (Å²) in [5.41, 5.74) is 1.16. The van der Waals surface area contributed by atoms with Crippen LogP contribution in [0.25, 0.3) is 0 Å². The highest BCUT2D eigenvalue weighted by Gasteiger charge is 2.35. The zero-order chi connectivity index (χ0) is 19.2. The highest BCUT2D eigenvalue weighted by atomic mass is 16.2. The van der Waals surface area contributed by atoms with Crippen molar-refractivity contribution < 1.29 is 14.4 Å². The topological polar surface area (TPSA) is 73.0 Å². The molecule has 0 bridgehead atoms. The maximum Gasteiger partial charge on any atom is 0.243 e. The van der Waals surface area contributed by atoms with Crippen LogP contribution in [0.1, 0.15) is 26.2 Å². The van der Waals surface area contributed by atoms with Crippen molar-refractivity contribution >= 4 is 23.4 Å². The molecule has 0 saturated carbocycles. The van der Waals surface area contributed by atoms with Gasteiger partial charge in [-0.1, -0.05) is 25.1 Å². The smallest absolute Gasteiger partial charge is 0.243 e. The Bertz CT molecular complexity index is 671. The summed E-state index contributed by atoms with van der Waals surface area (Å²) in [6.45, 7) is 5.67. The van der Waals surface area contributed by atoms with Crippen molar-refractivity contribution in [3.05, 3.63) is 30.3 Å². The van der Waals surface area contributed by atoms with Gasteiger partial charge in [0.15, 0.2) is 0 Å². The number of carbonyl (C=O) groups is 3. The van der Waals surface area contributed by atoms with Crippen molar-refractivity contribution in [3.63, 3.8) is 0 Å². The number of benzene rings is 1. The van der Waals surface area contributed by atoms with Crippen LogP contribution < -0.4 is 10.2 Å². The molecule has 0 unspecified atom stereocenters. The molecule has 1 aromatic carbocycles. The SMILES string of the molecule is CCCC(=O)N1CCNC(=O)[C@H]1CC(=O)N1CCN(c2ccccc2)CC1. The monoisotopic (exact) mass is 372 g/mol. The first-order valence-corrected chi connectivity index (χ1v) is 9.75. The summed E-state index contributed by atoms with van der Waals surface area (Å²) >= 11 is 0. The third-order valence-corrected chi connectivity index (χ3v) is 5.24. The Morgan fingerprint density at radius 3 is 2.41 bits per heavy atom. The molecule has 2 aliphatic heterocycles. The molecule has 3 amide bonds. The van der Waals surface area contributed by atoms with Crippen LogP contribution in [0.3, 0.4) is 0 Å². The van der Waals surface area contributed by atoms with E-state index in [9.17, 15) is 14.4 Å². The Kier molecular flexibility index (Phi) is 6.32. The van der Waals surface area contributed by atoms with Crippen LogP contribution in [0.4, 0.5) is 5.69 Å². The fourth-order valence-corrected chi connectivity index (χ4v) is 3.72. The Morgan fingerprint density at radius 2 is 1.74 bits per heavy atom. The van der Waals surface area contributed by atoms with E-state index < -0.39 is 6.04 Å². The second-order valence-corrected chi connectivity index (χ2v) is 7.05. The number of nitrogens with one attached hydrogen (secondary N) is 1. The molecule has 0 aliphatic carbocycles. The minimum Gasteiger partial charge on any atom is -0.368 e. The quantitative estimate of drug-likeness (QED) is 0.832. The fraction of sp³-hybridized carbons (Fsp3) is 0.550. The summed E-state index contributed by atoms with van der Waals surface area (Å²) in [7, 11) is 0. The molecule has 7 nitrogen and oxygen atoms in total. The average Bonchev–Trinajstić information content (AvgIpc) is 2.70. The van der Waals surface area contributed by atoms with E-state index in [1.807, 2.05) is 30.0 Å². The molecule has 1 atom stereocenters. The summed E-state index contributed by atoms with van der Waals surface area (Å²) in [5.74, 6) is -0.319. The number of anilines is 1. The lowest BCUT2D eigenvalue weighted by Crippen LogP contribution is -2.59. The number of carbonyl (C=O) groups excluding carboxylic acids is 3. The lowest BCUT2D eigenvalue weighted by Gasteiger charge is -2.39. The molecule has 2 aliphatic rings. The van der Waals surface area contributed by atoms with Gasteiger partial charge in [0.2, 0.25) is 17.7 Å². The van der Waals surface area contributed by atoms with Gasteiger partial charge in [-0.05, 0) is 18.6 Å². The molecule has 0 spiro atoms. The minimum absolute atomic E-state index is 0.0425. The largest absolute Gasteiger partial charge is 0.368 e. The van der Waals surface area contributed by atoms with E-state index in [0.717, 1.165) is 25.2 Å². The number of hydrogen-bond donors (Lipinski definition) is 1. The standard InChI is InChI=1S/C20H28N4O3/c1-2-6-18(25)24-10-9-21-20(27)17(24)15-19(26)23-13-11-22(12-14-23)16-7-4-3-5-8-16/h3-5,7-8,17H,2,6,9-15H2,1H3,(H,21,27)/t17-/m1/s1. The molecule has 2 fully saturated rings. The number of para-hydroxylation sites is 1. The highest BCUT2D eigenvalue weighted by molar-refractivity contribution is 5.93. The number of piperazine rings is 2. The lowest BCUT2D eigenvalue weighted by molar-refractivity contribution is -0.146. The summed E-state index contributed by atoms with van der Waals surface area (Å²) in [6.07, 6.45) is 1.21. The number of rotatable bonds is 5. The zero-order valence-electron chi connectivity index (χ0n) is 15.9. The second-order valence-electron chi connectivity index (χ2n) is 7.05. The van der Waals surface area contributed by atoms with Gasteiger partial charge in [-0.15, -0.1) is 0 Å². The second kappa shape index (κ2) is 8.88. The van der Waals surface area contributed by atoms with E-state index in [0.29, 0.717) is 32.6 Å². The van der Waals surface area contributed by atoms with Crippen LogP contribution >= 0.6 is 0 Å². The summed E-state index contributed by atoms with van der Waals surface area (Å²) in [4.78, 5) is 43.0. The molecule has 0 radical (unpaired) electrons. The molecule has 0 aromatic heterocycles. The Balaban J connectivity index is 1.57. The summed E-state index contributed by atoms with van der Waals surface area (Å²) in [5, 5.41) is 2.78. The van der Waals surface area contributed by atoms with E-state index >= 15 is 0 Å². The Morgan fingerprint density at radius 1 is 1.04 bits per heavy atom. The van der Waals surface area contributed by atoms with E-state index in [4.69, 9.17) is 0 Å². The molecular formula is C20H28N4O3. The van der Waals surface area contributed by atoms with Crippen molar-refractivity contribution in [1.82, 2.24) is 15.1 Å². The first kappa shape index (κ1) is 19.2. The van der Waals surface area contributed by atoms with Gasteiger partial charge in [-0.3, -0.25) is 14.4 Å². The van der Waals surface area contributed by atoms with Crippen LogP contribution in [0, 0.1) is 0 Å². The first-order chi connectivity index (χ1) is 13.1. The van der Waals surface area contributed by atoms with Crippen molar-refractivity contribution in [2.45, 2.75) is 32.2 Å². The van der Waals surface area contributed by atoms with Crippen LogP contribution in [-0.4, -0.2) is 72.8 Å². The van der Waals surface area contributed by atoms with Gasteiger partial charge in [0.25, 0.3) is 0 Å². The molecular weight excluding hydrogens is 344 g/mol. The van der Waals surface area contributed by atoms with E-state index in [1.54, 1.807) is 4.90 Å². The van der Waals surface area contributed by atoms with Crippen LogP contribution in [0.2, 0.25) is 0 Å². The van der Waals surface area contributed by atoms with Crippen molar-refractivity contribution in [3.8, 4) is 0 Å². The Hall–Kier alpha value is -2.57. The van der Waals surface area contributed by atoms with E-state index in [2.05, 4.69) is 22.3 Å². The highest BCUT2D eigenvalue weighted by Crippen LogP contribution is 2.18. The van der Waals surface area contributed by atoms with E-state index in [-0.39, 0.29) is 24.1 Å². The third kappa shape index (κ3) is 4.59. The third-order valence-electron chi connectivity index (χ3n) is 5.24. The minimum atomic E-state index is -0.683. The molecule has 2 saturated heterocycles. The van der Waals surface area contributed by atoms with Crippen LogP contribution in [0.5, 0.6) is 0 Å². The molecule has 3 rings (SSSR count). The Labute approximate surface area is 160 Å². The molecule has 1 aromatic rings. The van der Waals surface area contributed by atoms with Gasteiger partial charge in [-0.2, -0.15) is 0 Å².